The van der Waals surface area contributed by atoms with E-state index in [1.807, 2.05) is 6.92 Å². The van der Waals surface area contributed by atoms with Gasteiger partial charge in [-0.2, -0.15) is 0 Å². The van der Waals surface area contributed by atoms with Crippen molar-refractivity contribution in [2.75, 3.05) is 10.8 Å². The molecule has 0 bridgehead atoms. The number of carbonyl (C=O) groups excluding carboxylic acids is 1. The highest BCUT2D eigenvalue weighted by Crippen LogP contribution is 2.32. The molecule has 4 rings (SSSR count). The van der Waals surface area contributed by atoms with Crippen LogP contribution in [-0.2, 0) is 16.6 Å². The molecule has 0 N–H and O–H groups in total. The summed E-state index contributed by atoms with van der Waals surface area (Å²) in [6.07, 6.45) is 0.125. The van der Waals surface area contributed by atoms with Crippen LogP contribution >= 0.6 is 0 Å². The topological polar surface area (TPSA) is 89.6 Å². The number of benzene rings is 2. The van der Waals surface area contributed by atoms with Crippen molar-refractivity contribution in [1.29, 1.82) is 0 Å². The number of carbonyl (C=O) groups is 1. The Bertz CT molecular complexity index is 1190. The predicted molar refractivity (Wildman–Crippen MR) is 96.1 cm³/mol. The summed E-state index contributed by atoms with van der Waals surface area (Å²) in [5.74, 6) is -0.598. The van der Waals surface area contributed by atoms with Crippen LogP contribution < -0.4 is 10.1 Å². The monoisotopic (exact) mass is 372 g/mol. The Morgan fingerprint density at radius 1 is 1.12 bits per heavy atom. The number of aryl methyl sites for hydroxylation is 1. The zero-order valence-electron chi connectivity index (χ0n) is 14.0. The molecule has 1 aliphatic rings. The first-order chi connectivity index (χ1) is 12.4. The van der Waals surface area contributed by atoms with Gasteiger partial charge in [0.05, 0.1) is 16.1 Å². The van der Waals surface area contributed by atoms with Crippen molar-refractivity contribution in [3.8, 4) is 0 Å². The summed E-state index contributed by atoms with van der Waals surface area (Å²) in [6.45, 7) is 2.32. The van der Waals surface area contributed by atoms with Gasteiger partial charge in [0.1, 0.15) is 0 Å². The average Bonchev–Trinajstić information content (AvgIpc) is 2.96. The van der Waals surface area contributed by atoms with Crippen LogP contribution in [-0.4, -0.2) is 25.3 Å². The number of hydrogen-bond donors (Lipinski definition) is 0. The van der Waals surface area contributed by atoms with Gasteiger partial charge in [-0.15, -0.1) is 0 Å². The number of Topliss-reactive ketones (excluding diaryl/α,β-unsaturated/α-hetero) is 1. The normalized spacial score (nSPS) is 14.7. The summed E-state index contributed by atoms with van der Waals surface area (Å²) in [4.78, 5) is 23.9. The predicted octanol–water partition coefficient (Wildman–Crippen LogP) is 2.40. The van der Waals surface area contributed by atoms with Crippen LogP contribution in [0.5, 0.6) is 0 Å². The standard InChI is InChI=1S/C18H16N2O5S/c1-2-19-15-8-7-12(11-17(15)25-18(19)22)26(23,24)20-10-9-16(21)13-5-3-4-6-14(13)20/h3-8,11H,2,9-10H2,1H3. The van der Waals surface area contributed by atoms with E-state index in [4.69, 9.17) is 4.42 Å². The molecule has 8 heteroatoms. The second-order valence-electron chi connectivity index (χ2n) is 6.01. The zero-order valence-corrected chi connectivity index (χ0v) is 14.8. The van der Waals surface area contributed by atoms with Gasteiger partial charge in [-0.3, -0.25) is 13.7 Å². The van der Waals surface area contributed by atoms with Crippen molar-refractivity contribution in [3.05, 3.63) is 58.6 Å². The van der Waals surface area contributed by atoms with Crippen molar-refractivity contribution in [2.24, 2.45) is 0 Å². The van der Waals surface area contributed by atoms with Crippen molar-refractivity contribution < 1.29 is 17.6 Å². The molecule has 7 nitrogen and oxygen atoms in total. The minimum Gasteiger partial charge on any atom is -0.408 e. The van der Waals surface area contributed by atoms with Gasteiger partial charge < -0.3 is 4.42 Å². The third-order valence-corrected chi connectivity index (χ3v) is 6.37. The second-order valence-corrected chi connectivity index (χ2v) is 7.87. The highest BCUT2D eigenvalue weighted by molar-refractivity contribution is 7.92. The van der Waals surface area contributed by atoms with Gasteiger partial charge in [0.2, 0.25) is 0 Å². The van der Waals surface area contributed by atoms with Crippen molar-refractivity contribution in [2.45, 2.75) is 24.8 Å². The molecule has 2 heterocycles. The third-order valence-electron chi connectivity index (χ3n) is 4.56. The van der Waals surface area contributed by atoms with E-state index in [1.54, 1.807) is 30.3 Å². The molecule has 3 aromatic rings. The molecule has 0 saturated carbocycles. The molecule has 1 aliphatic heterocycles. The van der Waals surface area contributed by atoms with Gasteiger partial charge >= 0.3 is 5.76 Å². The van der Waals surface area contributed by atoms with Crippen LogP contribution in [0.15, 0.2) is 56.6 Å². The first-order valence-corrected chi connectivity index (χ1v) is 9.66. The molecular formula is C18H16N2O5S. The molecule has 134 valence electrons. The lowest BCUT2D eigenvalue weighted by atomic mass is 10.0. The Labute approximate surface area is 149 Å². The van der Waals surface area contributed by atoms with Gasteiger partial charge in [0.25, 0.3) is 10.0 Å². The van der Waals surface area contributed by atoms with E-state index in [0.29, 0.717) is 23.3 Å². The van der Waals surface area contributed by atoms with Crippen LogP contribution in [0.3, 0.4) is 0 Å². The molecule has 0 unspecified atom stereocenters. The molecule has 0 saturated heterocycles. The van der Waals surface area contributed by atoms with E-state index in [1.165, 1.54) is 21.0 Å². The lowest BCUT2D eigenvalue weighted by molar-refractivity contribution is 0.0982. The van der Waals surface area contributed by atoms with Crippen molar-refractivity contribution in [3.63, 3.8) is 0 Å². The molecule has 1 aromatic heterocycles. The summed E-state index contributed by atoms with van der Waals surface area (Å²) >= 11 is 0. The maximum Gasteiger partial charge on any atom is 0.419 e. The lowest BCUT2D eigenvalue weighted by Gasteiger charge is -2.29. The summed E-state index contributed by atoms with van der Waals surface area (Å²) in [5, 5.41) is 0. The molecule has 0 fully saturated rings. The SMILES string of the molecule is CCn1c(=O)oc2cc(S(=O)(=O)N3CCC(=O)c4ccccc43)ccc21. The largest absolute Gasteiger partial charge is 0.419 e. The van der Waals surface area contributed by atoms with E-state index in [2.05, 4.69) is 0 Å². The number of aromatic nitrogens is 1. The Kier molecular flexibility index (Phi) is 3.73. The fourth-order valence-corrected chi connectivity index (χ4v) is 4.77. The maximum atomic E-state index is 13.1. The summed E-state index contributed by atoms with van der Waals surface area (Å²) in [6, 6.07) is 11.0. The zero-order chi connectivity index (χ0) is 18.5. The lowest BCUT2D eigenvalue weighted by Crippen LogP contribution is -2.37. The smallest absolute Gasteiger partial charge is 0.408 e. The van der Waals surface area contributed by atoms with E-state index in [9.17, 15) is 18.0 Å². The van der Waals surface area contributed by atoms with E-state index < -0.39 is 15.8 Å². The number of sulfonamides is 1. The minimum atomic E-state index is -3.89. The van der Waals surface area contributed by atoms with Gasteiger partial charge in [0.15, 0.2) is 11.4 Å². The Balaban J connectivity index is 1.85. The fourth-order valence-electron chi connectivity index (χ4n) is 3.27. The number of hydrogen-bond acceptors (Lipinski definition) is 5. The number of para-hydroxylation sites is 1. The molecule has 2 aromatic carbocycles. The van der Waals surface area contributed by atoms with Gasteiger partial charge in [-0.25, -0.2) is 13.2 Å². The minimum absolute atomic E-state index is 0.0196. The average molecular weight is 372 g/mol. The van der Waals surface area contributed by atoms with Crippen molar-refractivity contribution >= 4 is 32.6 Å². The summed E-state index contributed by atoms with van der Waals surface area (Å²) < 4.78 is 34.1. The Hall–Kier alpha value is -2.87. The number of ketones is 1. The van der Waals surface area contributed by atoms with E-state index in [-0.39, 0.29) is 29.2 Å². The molecule has 0 amide bonds. The van der Waals surface area contributed by atoms with Gasteiger partial charge in [-0.1, -0.05) is 12.1 Å². The number of nitrogens with zero attached hydrogens (tertiary/aromatic N) is 2. The van der Waals surface area contributed by atoms with Crippen LogP contribution in [0.2, 0.25) is 0 Å². The van der Waals surface area contributed by atoms with E-state index >= 15 is 0 Å². The first-order valence-electron chi connectivity index (χ1n) is 8.22. The molecular weight excluding hydrogens is 356 g/mol. The highest BCUT2D eigenvalue weighted by Gasteiger charge is 2.32. The van der Waals surface area contributed by atoms with Crippen LogP contribution in [0.25, 0.3) is 11.1 Å². The molecule has 0 radical (unpaired) electrons. The molecule has 0 atom stereocenters. The van der Waals surface area contributed by atoms with Gasteiger partial charge in [0, 0.05) is 31.1 Å². The maximum absolute atomic E-state index is 13.1. The number of anilines is 1. The quantitative estimate of drug-likeness (QED) is 0.704. The molecule has 0 aliphatic carbocycles. The van der Waals surface area contributed by atoms with Crippen LogP contribution in [0.1, 0.15) is 23.7 Å². The fraction of sp³-hybridized carbons (Fsp3) is 0.222. The van der Waals surface area contributed by atoms with E-state index in [0.717, 1.165) is 0 Å². The summed E-state index contributed by atoms with van der Waals surface area (Å²) in [7, 11) is -3.89. The van der Waals surface area contributed by atoms with Crippen molar-refractivity contribution in [1.82, 2.24) is 4.57 Å². The Morgan fingerprint density at radius 2 is 1.88 bits per heavy atom. The molecule has 26 heavy (non-hydrogen) atoms. The van der Waals surface area contributed by atoms with Crippen LogP contribution in [0.4, 0.5) is 5.69 Å². The second kappa shape index (κ2) is 5.84. The first kappa shape index (κ1) is 16.6. The highest BCUT2D eigenvalue weighted by atomic mass is 32.2. The van der Waals surface area contributed by atoms with Crippen LogP contribution in [0, 0.1) is 0 Å². The van der Waals surface area contributed by atoms with Gasteiger partial charge in [-0.05, 0) is 31.2 Å². The summed E-state index contributed by atoms with van der Waals surface area (Å²) in [5.41, 5.74) is 1.54. The number of fused-ring (bicyclic) bond motifs is 2. The number of rotatable bonds is 3. The Morgan fingerprint density at radius 3 is 2.65 bits per heavy atom. The third kappa shape index (κ3) is 2.37. The number of oxazole rings is 1. The molecule has 0 spiro atoms.